The van der Waals surface area contributed by atoms with Gasteiger partial charge in [-0.05, 0) is 50.6 Å². The Morgan fingerprint density at radius 3 is 2.47 bits per heavy atom. The van der Waals surface area contributed by atoms with Crippen molar-refractivity contribution < 1.29 is 37.8 Å². The molecule has 4 rings (SSSR count). The summed E-state index contributed by atoms with van der Waals surface area (Å²) in [7, 11) is 1.52. The van der Waals surface area contributed by atoms with Crippen LogP contribution >= 0.6 is 23.1 Å². The number of aromatic nitrogens is 3. The number of methoxy groups -OCH3 is 1. The Balaban J connectivity index is 1.57. The molecule has 3 heterocycles. The normalized spacial score (nSPS) is 10.7. The smallest absolute Gasteiger partial charge is 0.348 e. The van der Waals surface area contributed by atoms with Crippen molar-refractivity contribution in [3.05, 3.63) is 70.3 Å². The van der Waals surface area contributed by atoms with Gasteiger partial charge in [-0.2, -0.15) is 0 Å². The fraction of sp³-hybridized carbons (Fsp3) is 0.286. The molecule has 2 amide bonds. The number of esters is 2. The summed E-state index contributed by atoms with van der Waals surface area (Å²) in [5.74, 6) is -1.23. The molecule has 13 nitrogen and oxygen atoms in total. The van der Waals surface area contributed by atoms with E-state index in [9.17, 15) is 19.2 Å². The van der Waals surface area contributed by atoms with Crippen LogP contribution in [-0.2, 0) is 20.8 Å². The summed E-state index contributed by atoms with van der Waals surface area (Å²) < 4.78 is 22.6. The molecule has 0 aliphatic rings. The number of nitrogens with one attached hydrogen (secondary N) is 2. The molecule has 0 atom stereocenters. The van der Waals surface area contributed by atoms with Crippen LogP contribution in [0, 0.1) is 6.92 Å². The number of benzene rings is 1. The number of thioether (sulfide) groups is 1. The summed E-state index contributed by atoms with van der Waals surface area (Å²) in [6.07, 6.45) is 1.40. The lowest BCUT2D eigenvalue weighted by Crippen LogP contribution is -2.24. The standard InChI is InChI=1S/C28H29N5O8S2/c1-5-39-26(36)22-16(3)23(27(37)40-6-2)43-25(22)30-21(34)15-42-28-32-31-20(14-29-24(35)19-12-9-13-41-19)33(28)17-10-7-8-11-18(17)38-4/h7-13H,5-6,14-15H2,1-4H3,(H,29,35)(H,30,34). The van der Waals surface area contributed by atoms with Gasteiger partial charge in [-0.25, -0.2) is 9.59 Å². The van der Waals surface area contributed by atoms with E-state index in [-0.39, 0.29) is 46.7 Å². The van der Waals surface area contributed by atoms with Gasteiger partial charge >= 0.3 is 11.9 Å². The molecule has 0 aliphatic carbocycles. The van der Waals surface area contributed by atoms with E-state index in [4.69, 9.17) is 18.6 Å². The molecule has 0 spiro atoms. The molecule has 1 aromatic carbocycles. The first-order valence-electron chi connectivity index (χ1n) is 13.1. The summed E-state index contributed by atoms with van der Waals surface area (Å²) >= 11 is 2.02. The van der Waals surface area contributed by atoms with Gasteiger partial charge in [0, 0.05) is 0 Å². The van der Waals surface area contributed by atoms with E-state index in [2.05, 4.69) is 20.8 Å². The van der Waals surface area contributed by atoms with E-state index in [1.165, 1.54) is 19.4 Å². The number of carbonyl (C=O) groups excluding carboxylic acids is 4. The summed E-state index contributed by atoms with van der Waals surface area (Å²) in [6, 6.07) is 10.3. The van der Waals surface area contributed by atoms with Crippen molar-refractivity contribution in [2.45, 2.75) is 32.5 Å². The van der Waals surface area contributed by atoms with Gasteiger partial charge in [0.1, 0.15) is 15.6 Å². The largest absolute Gasteiger partial charge is 0.495 e. The van der Waals surface area contributed by atoms with Crippen LogP contribution < -0.4 is 15.4 Å². The predicted molar refractivity (Wildman–Crippen MR) is 158 cm³/mol. The SMILES string of the molecule is CCOC(=O)c1sc(NC(=O)CSc2nnc(CNC(=O)c3ccco3)n2-c2ccccc2OC)c(C(=O)OCC)c1C. The van der Waals surface area contributed by atoms with E-state index in [0.717, 1.165) is 23.1 Å². The molecule has 0 radical (unpaired) electrons. The maximum Gasteiger partial charge on any atom is 0.348 e. The Morgan fingerprint density at radius 1 is 1.02 bits per heavy atom. The second-order valence-corrected chi connectivity index (χ2v) is 10.6. The molecule has 0 saturated heterocycles. The minimum Gasteiger partial charge on any atom is -0.495 e. The van der Waals surface area contributed by atoms with Crippen molar-refractivity contribution in [3.63, 3.8) is 0 Å². The third kappa shape index (κ3) is 7.24. The molecule has 4 aromatic rings. The van der Waals surface area contributed by atoms with Crippen molar-refractivity contribution in [2.24, 2.45) is 0 Å². The topological polar surface area (TPSA) is 164 Å². The highest BCUT2D eigenvalue weighted by molar-refractivity contribution is 7.99. The summed E-state index contributed by atoms with van der Waals surface area (Å²) in [4.78, 5) is 50.9. The Kier molecular flexibility index (Phi) is 10.6. The Bertz CT molecular complexity index is 1610. The molecule has 0 bridgehead atoms. The van der Waals surface area contributed by atoms with Gasteiger partial charge in [0.05, 0.1) is 50.1 Å². The van der Waals surface area contributed by atoms with Gasteiger partial charge in [-0.15, -0.1) is 21.5 Å². The molecule has 0 fully saturated rings. The zero-order valence-corrected chi connectivity index (χ0v) is 25.4. The lowest BCUT2D eigenvalue weighted by Gasteiger charge is -2.14. The number of rotatable bonds is 13. The van der Waals surface area contributed by atoms with Gasteiger partial charge in [-0.3, -0.25) is 14.2 Å². The van der Waals surface area contributed by atoms with E-state index in [1.807, 2.05) is 0 Å². The molecular formula is C28H29N5O8S2. The van der Waals surface area contributed by atoms with Crippen LogP contribution in [0.5, 0.6) is 5.75 Å². The third-order valence-electron chi connectivity index (χ3n) is 5.85. The maximum atomic E-state index is 13.1. The number of thiophene rings is 1. The Morgan fingerprint density at radius 2 is 1.77 bits per heavy atom. The first-order chi connectivity index (χ1) is 20.8. The summed E-state index contributed by atoms with van der Waals surface area (Å²) in [6.45, 7) is 5.22. The first kappa shape index (κ1) is 31.3. The number of para-hydroxylation sites is 2. The number of furan rings is 1. The third-order valence-corrected chi connectivity index (χ3v) is 7.97. The second kappa shape index (κ2) is 14.5. The molecular weight excluding hydrogens is 598 g/mol. The number of ether oxygens (including phenoxy) is 3. The summed E-state index contributed by atoms with van der Waals surface area (Å²) in [5, 5.41) is 14.5. The van der Waals surface area contributed by atoms with E-state index < -0.39 is 23.8 Å². The average Bonchev–Trinajstić information content (AvgIpc) is 3.74. The molecule has 2 N–H and O–H groups in total. The fourth-order valence-electron chi connectivity index (χ4n) is 3.95. The van der Waals surface area contributed by atoms with Gasteiger partial charge in [0.15, 0.2) is 16.7 Å². The Hall–Kier alpha value is -4.63. The highest BCUT2D eigenvalue weighted by Crippen LogP contribution is 2.35. The van der Waals surface area contributed by atoms with Crippen molar-refractivity contribution in [2.75, 3.05) is 31.4 Å². The Labute approximate surface area is 254 Å². The van der Waals surface area contributed by atoms with E-state index >= 15 is 0 Å². The lowest BCUT2D eigenvalue weighted by molar-refractivity contribution is -0.113. The number of anilines is 1. The van der Waals surface area contributed by atoms with E-state index in [1.54, 1.807) is 55.7 Å². The molecule has 3 aromatic heterocycles. The number of carbonyl (C=O) groups is 4. The highest BCUT2D eigenvalue weighted by Gasteiger charge is 2.28. The van der Waals surface area contributed by atoms with Crippen molar-refractivity contribution >= 4 is 51.9 Å². The van der Waals surface area contributed by atoms with Gasteiger partial charge < -0.3 is 29.3 Å². The van der Waals surface area contributed by atoms with Crippen LogP contribution in [-0.4, -0.2) is 64.6 Å². The monoisotopic (exact) mass is 627 g/mol. The molecule has 43 heavy (non-hydrogen) atoms. The molecule has 226 valence electrons. The van der Waals surface area contributed by atoms with Crippen LogP contribution in [0.25, 0.3) is 5.69 Å². The zero-order chi connectivity index (χ0) is 30.9. The molecule has 0 saturated carbocycles. The predicted octanol–water partition coefficient (Wildman–Crippen LogP) is 4.25. The number of hydrogen-bond acceptors (Lipinski definition) is 12. The van der Waals surface area contributed by atoms with Gasteiger partial charge in [-0.1, -0.05) is 23.9 Å². The maximum absolute atomic E-state index is 13.1. The number of amides is 2. The van der Waals surface area contributed by atoms with Crippen molar-refractivity contribution in [1.82, 2.24) is 20.1 Å². The highest BCUT2D eigenvalue weighted by atomic mass is 32.2. The van der Waals surface area contributed by atoms with Gasteiger partial charge in [0.2, 0.25) is 5.91 Å². The second-order valence-electron chi connectivity index (χ2n) is 8.60. The minimum atomic E-state index is -0.660. The van der Waals surface area contributed by atoms with E-state index in [0.29, 0.717) is 28.0 Å². The average molecular weight is 628 g/mol. The lowest BCUT2D eigenvalue weighted by atomic mass is 10.1. The molecule has 0 unspecified atom stereocenters. The number of hydrogen-bond donors (Lipinski definition) is 2. The van der Waals surface area contributed by atoms with Crippen LogP contribution in [0.3, 0.4) is 0 Å². The first-order valence-corrected chi connectivity index (χ1v) is 14.9. The van der Waals surface area contributed by atoms with Gasteiger partial charge in [0.25, 0.3) is 5.91 Å². The number of nitrogens with zero attached hydrogens (tertiary/aromatic N) is 3. The van der Waals surface area contributed by atoms with Crippen LogP contribution in [0.4, 0.5) is 5.00 Å². The zero-order valence-electron chi connectivity index (χ0n) is 23.8. The van der Waals surface area contributed by atoms with Crippen molar-refractivity contribution in [1.29, 1.82) is 0 Å². The minimum absolute atomic E-state index is 0.00530. The van der Waals surface area contributed by atoms with Crippen molar-refractivity contribution in [3.8, 4) is 11.4 Å². The quantitative estimate of drug-likeness (QED) is 0.161. The fourth-order valence-corrected chi connectivity index (χ4v) is 5.82. The summed E-state index contributed by atoms with van der Waals surface area (Å²) in [5.41, 5.74) is 1.06. The molecule has 15 heteroatoms. The van der Waals surface area contributed by atoms with Crippen LogP contribution in [0.2, 0.25) is 0 Å². The van der Waals surface area contributed by atoms with Crippen LogP contribution in [0.15, 0.2) is 52.2 Å². The van der Waals surface area contributed by atoms with Crippen LogP contribution in [0.1, 0.15) is 55.8 Å². The molecule has 0 aliphatic heterocycles.